The van der Waals surface area contributed by atoms with Crippen molar-refractivity contribution in [1.29, 1.82) is 0 Å². The number of nitro groups is 1. The first kappa shape index (κ1) is 12.8. The molecule has 0 saturated carbocycles. The molecule has 0 saturated heterocycles. The van der Waals surface area contributed by atoms with Gasteiger partial charge in [0.25, 0.3) is 5.69 Å². The largest absolute Gasteiger partial charge is 0.320 e. The predicted octanol–water partition coefficient (Wildman–Crippen LogP) is 2.15. The van der Waals surface area contributed by atoms with E-state index in [9.17, 15) is 19.7 Å². The van der Waals surface area contributed by atoms with Gasteiger partial charge in [0.1, 0.15) is 5.69 Å². The Balaban J connectivity index is 3.38. The predicted molar refractivity (Wildman–Crippen MR) is 62.0 cm³/mol. The lowest BCUT2D eigenvalue weighted by Gasteiger charge is -2.08. The molecule has 0 fully saturated rings. The first-order valence-electron chi connectivity index (χ1n) is 5.05. The summed E-state index contributed by atoms with van der Waals surface area (Å²) in [5.74, 6) is -0.707. The normalized spacial score (nSPS) is 9.76. The summed E-state index contributed by atoms with van der Waals surface area (Å²) in [5.41, 5.74) is -0.145. The molecule has 1 aromatic carbocycles. The van der Waals surface area contributed by atoms with Crippen LogP contribution in [0.25, 0.3) is 0 Å². The summed E-state index contributed by atoms with van der Waals surface area (Å²) in [6.45, 7) is 2.88. The first-order chi connectivity index (χ1) is 7.97. The van der Waals surface area contributed by atoms with Gasteiger partial charge < -0.3 is 5.32 Å². The van der Waals surface area contributed by atoms with E-state index in [4.69, 9.17) is 0 Å². The Morgan fingerprint density at radius 2 is 2.06 bits per heavy atom. The number of hydrogen-bond donors (Lipinski definition) is 1. The maximum absolute atomic E-state index is 11.6. The molecule has 0 aromatic heterocycles. The molecule has 0 radical (unpaired) electrons. The summed E-state index contributed by atoms with van der Waals surface area (Å²) in [6.07, 6.45) is 0.216. The molecule has 1 rings (SSSR count). The molecule has 6 nitrogen and oxygen atoms in total. The average molecular weight is 236 g/mol. The molecule has 1 N–H and O–H groups in total. The summed E-state index contributed by atoms with van der Waals surface area (Å²) >= 11 is 0. The molecule has 0 unspecified atom stereocenters. The lowest BCUT2D eigenvalue weighted by atomic mass is 10.1. The highest BCUT2D eigenvalue weighted by Crippen LogP contribution is 2.29. The van der Waals surface area contributed by atoms with Gasteiger partial charge >= 0.3 is 0 Å². The van der Waals surface area contributed by atoms with E-state index in [1.54, 1.807) is 6.92 Å². The van der Waals surface area contributed by atoms with Gasteiger partial charge in [-0.15, -0.1) is 0 Å². The average Bonchev–Trinajstić information content (AvgIpc) is 2.27. The fraction of sp³-hybridized carbons (Fsp3) is 0.273. The van der Waals surface area contributed by atoms with E-state index in [1.165, 1.54) is 25.1 Å². The number of hydrogen-bond acceptors (Lipinski definition) is 4. The number of nitrogens with zero attached hydrogens (tertiary/aromatic N) is 1. The molecule has 6 heteroatoms. The van der Waals surface area contributed by atoms with Crippen molar-refractivity contribution >= 4 is 23.1 Å². The van der Waals surface area contributed by atoms with Gasteiger partial charge in [0.2, 0.25) is 5.91 Å². The topological polar surface area (TPSA) is 89.3 Å². The number of ketones is 1. The molecule has 0 atom stereocenters. The van der Waals surface area contributed by atoms with Gasteiger partial charge in [-0.1, -0.05) is 13.0 Å². The monoisotopic (exact) mass is 236 g/mol. The number of benzene rings is 1. The first-order valence-corrected chi connectivity index (χ1v) is 5.05. The summed E-state index contributed by atoms with van der Waals surface area (Å²) < 4.78 is 0. The Morgan fingerprint density at radius 3 is 2.53 bits per heavy atom. The third-order valence-corrected chi connectivity index (χ3v) is 2.16. The molecule has 1 amide bonds. The van der Waals surface area contributed by atoms with E-state index in [0.717, 1.165) is 0 Å². The van der Waals surface area contributed by atoms with Gasteiger partial charge in [0, 0.05) is 25.0 Å². The smallest absolute Gasteiger partial charge is 0.293 e. The standard InChI is InChI=1S/C11H12N2O4/c1-3-10(15)8-5-4-6-9(13(16)17)11(8)12-7(2)14/h4-6H,3H2,1-2H3,(H,12,14). The molecule has 0 bridgehead atoms. The summed E-state index contributed by atoms with van der Waals surface area (Å²) in [4.78, 5) is 32.8. The zero-order chi connectivity index (χ0) is 13.0. The molecule has 0 heterocycles. The van der Waals surface area contributed by atoms with E-state index < -0.39 is 10.8 Å². The Hall–Kier alpha value is -2.24. The van der Waals surface area contributed by atoms with Crippen molar-refractivity contribution in [1.82, 2.24) is 0 Å². The maximum Gasteiger partial charge on any atom is 0.293 e. The zero-order valence-electron chi connectivity index (χ0n) is 9.52. The summed E-state index contributed by atoms with van der Waals surface area (Å²) in [7, 11) is 0. The van der Waals surface area contributed by atoms with Crippen molar-refractivity contribution in [3.05, 3.63) is 33.9 Å². The number of nitrogens with one attached hydrogen (secondary N) is 1. The van der Waals surface area contributed by atoms with Crippen molar-refractivity contribution in [2.75, 3.05) is 5.32 Å². The molecule has 0 spiro atoms. The summed E-state index contributed by atoms with van der Waals surface area (Å²) in [6, 6.07) is 4.13. The van der Waals surface area contributed by atoms with Crippen molar-refractivity contribution in [2.24, 2.45) is 0 Å². The van der Waals surface area contributed by atoms with Crippen LogP contribution in [0.4, 0.5) is 11.4 Å². The SMILES string of the molecule is CCC(=O)c1cccc([N+](=O)[O-])c1NC(C)=O. The van der Waals surface area contributed by atoms with Crippen LogP contribution >= 0.6 is 0 Å². The quantitative estimate of drug-likeness (QED) is 0.492. The number of nitro benzene ring substituents is 1. The zero-order valence-corrected chi connectivity index (χ0v) is 9.52. The van der Waals surface area contributed by atoms with Crippen LogP contribution in [0.3, 0.4) is 0 Å². The second-order valence-corrected chi connectivity index (χ2v) is 3.41. The molecule has 0 aliphatic carbocycles. The van der Waals surface area contributed by atoms with E-state index in [-0.39, 0.29) is 29.1 Å². The lowest BCUT2D eigenvalue weighted by Crippen LogP contribution is -2.12. The summed E-state index contributed by atoms with van der Waals surface area (Å²) in [5, 5.41) is 13.1. The lowest BCUT2D eigenvalue weighted by molar-refractivity contribution is -0.383. The van der Waals surface area contributed by atoms with Crippen LogP contribution in [-0.2, 0) is 4.79 Å². The van der Waals surface area contributed by atoms with Crippen LogP contribution in [0.1, 0.15) is 30.6 Å². The Morgan fingerprint density at radius 1 is 1.41 bits per heavy atom. The van der Waals surface area contributed by atoms with Gasteiger partial charge in [0.15, 0.2) is 5.78 Å². The number of rotatable bonds is 4. The fourth-order valence-corrected chi connectivity index (χ4v) is 1.42. The van der Waals surface area contributed by atoms with Gasteiger partial charge in [-0.05, 0) is 6.07 Å². The number of carbonyl (C=O) groups excluding carboxylic acids is 2. The highest BCUT2D eigenvalue weighted by molar-refractivity contribution is 6.06. The molecule has 0 aliphatic rings. The van der Waals surface area contributed by atoms with Gasteiger partial charge in [-0.3, -0.25) is 19.7 Å². The van der Waals surface area contributed by atoms with Crippen molar-refractivity contribution in [3.8, 4) is 0 Å². The molecule has 17 heavy (non-hydrogen) atoms. The Kier molecular flexibility index (Phi) is 3.92. The second kappa shape index (κ2) is 5.20. The number of carbonyl (C=O) groups is 2. The third-order valence-electron chi connectivity index (χ3n) is 2.16. The van der Waals surface area contributed by atoms with Gasteiger partial charge in [-0.25, -0.2) is 0 Å². The number of Topliss-reactive ketones (excluding diaryl/α,β-unsaturated/α-hetero) is 1. The minimum absolute atomic E-state index is 0.0307. The molecular weight excluding hydrogens is 224 g/mol. The Bertz CT molecular complexity index is 482. The highest BCUT2D eigenvalue weighted by atomic mass is 16.6. The van der Waals surface area contributed by atoms with Crippen LogP contribution in [0.5, 0.6) is 0 Å². The van der Waals surface area contributed by atoms with Gasteiger partial charge in [-0.2, -0.15) is 0 Å². The van der Waals surface area contributed by atoms with Crippen molar-refractivity contribution in [2.45, 2.75) is 20.3 Å². The van der Waals surface area contributed by atoms with E-state index in [2.05, 4.69) is 5.32 Å². The van der Waals surface area contributed by atoms with E-state index in [1.807, 2.05) is 0 Å². The number of para-hydroxylation sites is 1. The van der Waals surface area contributed by atoms with Crippen molar-refractivity contribution in [3.63, 3.8) is 0 Å². The molecule has 0 aliphatic heterocycles. The van der Waals surface area contributed by atoms with Crippen LogP contribution in [0.2, 0.25) is 0 Å². The third kappa shape index (κ3) is 2.87. The van der Waals surface area contributed by atoms with Crippen LogP contribution in [-0.4, -0.2) is 16.6 Å². The second-order valence-electron chi connectivity index (χ2n) is 3.41. The number of anilines is 1. The fourth-order valence-electron chi connectivity index (χ4n) is 1.42. The molecular formula is C11H12N2O4. The highest BCUT2D eigenvalue weighted by Gasteiger charge is 2.21. The molecule has 90 valence electrons. The van der Waals surface area contributed by atoms with Crippen LogP contribution in [0, 0.1) is 10.1 Å². The van der Waals surface area contributed by atoms with Crippen LogP contribution < -0.4 is 5.32 Å². The van der Waals surface area contributed by atoms with Crippen LogP contribution in [0.15, 0.2) is 18.2 Å². The van der Waals surface area contributed by atoms with Crippen molar-refractivity contribution < 1.29 is 14.5 Å². The number of amides is 1. The van der Waals surface area contributed by atoms with Gasteiger partial charge in [0.05, 0.1) is 4.92 Å². The van der Waals surface area contributed by atoms with E-state index in [0.29, 0.717) is 0 Å². The Labute approximate surface area is 97.8 Å². The van der Waals surface area contributed by atoms with E-state index >= 15 is 0 Å². The minimum Gasteiger partial charge on any atom is -0.320 e. The minimum atomic E-state index is -0.627. The molecule has 1 aromatic rings. The maximum atomic E-state index is 11.6.